The van der Waals surface area contributed by atoms with Gasteiger partial charge in [-0.25, -0.2) is 13.4 Å². The molecule has 35 heavy (non-hydrogen) atoms. The lowest BCUT2D eigenvalue weighted by molar-refractivity contribution is -0.126. The van der Waals surface area contributed by atoms with Crippen molar-refractivity contribution < 1.29 is 18.0 Å². The van der Waals surface area contributed by atoms with Crippen LogP contribution in [0.1, 0.15) is 48.2 Å². The number of nitrogens with one attached hydrogen (secondary N) is 2. The minimum Gasteiger partial charge on any atom is -0.352 e. The predicted molar refractivity (Wildman–Crippen MR) is 138 cm³/mol. The summed E-state index contributed by atoms with van der Waals surface area (Å²) < 4.78 is 27.3. The largest absolute Gasteiger partial charge is 0.352 e. The Morgan fingerprint density at radius 2 is 1.91 bits per heavy atom. The topological polar surface area (TPSA) is 118 Å². The highest BCUT2D eigenvalue weighted by Gasteiger charge is 2.37. The summed E-state index contributed by atoms with van der Waals surface area (Å²) in [5.74, 6) is -1.37. The van der Waals surface area contributed by atoms with E-state index in [0.29, 0.717) is 5.52 Å². The summed E-state index contributed by atoms with van der Waals surface area (Å²) in [6.07, 6.45) is 3.66. The van der Waals surface area contributed by atoms with Crippen LogP contribution in [0.5, 0.6) is 0 Å². The number of benzene rings is 1. The molecule has 3 aromatic rings. The van der Waals surface area contributed by atoms with Gasteiger partial charge in [0, 0.05) is 23.5 Å². The number of amides is 2. The smallest absolute Gasteiger partial charge is 0.245 e. The molecule has 0 saturated heterocycles. The quantitative estimate of drug-likeness (QED) is 0.451. The summed E-state index contributed by atoms with van der Waals surface area (Å²) in [7, 11) is -3.86. The Morgan fingerprint density at radius 3 is 2.54 bits per heavy atom. The van der Waals surface area contributed by atoms with Crippen molar-refractivity contribution in [2.24, 2.45) is 5.92 Å². The molecule has 8 nitrogen and oxygen atoms in total. The number of rotatable bonds is 9. The molecule has 186 valence electrons. The summed E-state index contributed by atoms with van der Waals surface area (Å²) >= 11 is 1.19. The molecule has 0 aliphatic heterocycles. The number of aryl methyl sites for hydroxylation is 2. The fourth-order valence-corrected chi connectivity index (χ4v) is 7.35. The monoisotopic (exact) mass is 514 g/mol. The SMILES string of the molecule is Cc1ccc(-c2cc3sc(C(C(=O)NCC(=O)NC4CC4)S(=O)(=O)CC(C)C)nc3cc2C)cn1. The molecule has 10 heteroatoms. The van der Waals surface area contributed by atoms with E-state index >= 15 is 0 Å². The van der Waals surface area contributed by atoms with Crippen LogP contribution in [0.2, 0.25) is 0 Å². The van der Waals surface area contributed by atoms with Crippen molar-refractivity contribution in [2.45, 2.75) is 51.8 Å². The van der Waals surface area contributed by atoms with Gasteiger partial charge < -0.3 is 10.6 Å². The Hall–Kier alpha value is -2.85. The molecule has 1 aromatic carbocycles. The summed E-state index contributed by atoms with van der Waals surface area (Å²) in [6.45, 7) is 7.20. The summed E-state index contributed by atoms with van der Waals surface area (Å²) in [5, 5.41) is 4.05. The van der Waals surface area contributed by atoms with Crippen LogP contribution in [0.15, 0.2) is 30.5 Å². The number of hydrogen-bond acceptors (Lipinski definition) is 7. The maximum Gasteiger partial charge on any atom is 0.245 e. The normalized spacial score (nSPS) is 14.8. The molecule has 1 fully saturated rings. The van der Waals surface area contributed by atoms with E-state index in [2.05, 4.69) is 20.6 Å². The first-order valence-electron chi connectivity index (χ1n) is 11.7. The average molecular weight is 515 g/mol. The number of carbonyl (C=O) groups excluding carboxylic acids is 2. The third-order valence-electron chi connectivity index (χ3n) is 5.73. The molecule has 2 aromatic heterocycles. The summed E-state index contributed by atoms with van der Waals surface area (Å²) in [6, 6.07) is 7.96. The van der Waals surface area contributed by atoms with Crippen LogP contribution in [-0.2, 0) is 19.4 Å². The molecule has 1 atom stereocenters. The molecule has 1 aliphatic rings. The van der Waals surface area contributed by atoms with E-state index in [1.54, 1.807) is 13.8 Å². The molecule has 0 radical (unpaired) electrons. The van der Waals surface area contributed by atoms with Gasteiger partial charge in [-0.05, 0) is 61.9 Å². The highest BCUT2D eigenvalue weighted by atomic mass is 32.2. The molecule has 2 heterocycles. The molecule has 0 bridgehead atoms. The number of nitrogens with zero attached hydrogens (tertiary/aromatic N) is 2. The number of pyridine rings is 1. The second kappa shape index (κ2) is 10.0. The van der Waals surface area contributed by atoms with Gasteiger partial charge in [0.25, 0.3) is 0 Å². The second-order valence-corrected chi connectivity index (χ2v) is 12.7. The zero-order valence-corrected chi connectivity index (χ0v) is 21.9. The van der Waals surface area contributed by atoms with Gasteiger partial charge in [-0.2, -0.15) is 0 Å². The minimum absolute atomic E-state index is 0.158. The second-order valence-electron chi connectivity index (χ2n) is 9.54. The molecular weight excluding hydrogens is 484 g/mol. The number of aromatic nitrogens is 2. The van der Waals surface area contributed by atoms with Crippen molar-refractivity contribution in [2.75, 3.05) is 12.3 Å². The van der Waals surface area contributed by atoms with Crippen LogP contribution in [0.25, 0.3) is 21.3 Å². The van der Waals surface area contributed by atoms with Gasteiger partial charge in [-0.3, -0.25) is 14.6 Å². The number of fused-ring (bicyclic) bond motifs is 1. The first-order chi connectivity index (χ1) is 16.5. The lowest BCUT2D eigenvalue weighted by atomic mass is 10.0. The van der Waals surface area contributed by atoms with Gasteiger partial charge in [-0.1, -0.05) is 19.9 Å². The Morgan fingerprint density at radius 1 is 1.17 bits per heavy atom. The van der Waals surface area contributed by atoms with E-state index in [0.717, 1.165) is 39.9 Å². The standard InChI is InChI=1S/C25H30N4O4S2/c1-14(2)13-35(32,33)23(24(31)27-12-22(30)28-18-7-8-18)25-29-20-9-15(3)19(10-21(20)34-25)17-6-5-16(4)26-11-17/h5-6,9-11,14,18,23H,7-8,12-13H2,1-4H3,(H,27,31)(H,28,30). The molecule has 4 rings (SSSR count). The highest BCUT2D eigenvalue weighted by Crippen LogP contribution is 2.36. The highest BCUT2D eigenvalue weighted by molar-refractivity contribution is 7.92. The van der Waals surface area contributed by atoms with E-state index in [4.69, 9.17) is 0 Å². The molecular formula is C25H30N4O4S2. The fraction of sp³-hybridized carbons (Fsp3) is 0.440. The number of hydrogen-bond donors (Lipinski definition) is 2. The van der Waals surface area contributed by atoms with Crippen LogP contribution >= 0.6 is 11.3 Å². The Labute approximate surface area is 209 Å². The van der Waals surface area contributed by atoms with Crippen LogP contribution in [0, 0.1) is 19.8 Å². The predicted octanol–water partition coefficient (Wildman–Crippen LogP) is 3.48. The molecule has 1 aliphatic carbocycles. The summed E-state index contributed by atoms with van der Waals surface area (Å²) in [4.78, 5) is 34.1. The van der Waals surface area contributed by atoms with Gasteiger partial charge >= 0.3 is 0 Å². The van der Waals surface area contributed by atoms with Crippen molar-refractivity contribution >= 4 is 43.2 Å². The Kier molecular flexibility index (Phi) is 7.23. The van der Waals surface area contributed by atoms with E-state index in [1.807, 2.05) is 44.3 Å². The maximum absolute atomic E-state index is 13.3. The van der Waals surface area contributed by atoms with E-state index < -0.39 is 21.0 Å². The van der Waals surface area contributed by atoms with Crippen LogP contribution in [-0.4, -0.2) is 48.5 Å². The third-order valence-corrected chi connectivity index (χ3v) is 9.25. The Bertz CT molecular complexity index is 1360. The maximum atomic E-state index is 13.3. The van der Waals surface area contributed by atoms with Crippen molar-refractivity contribution in [3.05, 3.63) is 46.7 Å². The lowest BCUT2D eigenvalue weighted by Crippen LogP contribution is -2.42. The first kappa shape index (κ1) is 25.2. The van der Waals surface area contributed by atoms with Gasteiger partial charge in [0.15, 0.2) is 15.1 Å². The van der Waals surface area contributed by atoms with Gasteiger partial charge in [0.05, 0.1) is 22.5 Å². The van der Waals surface area contributed by atoms with Crippen LogP contribution < -0.4 is 10.6 Å². The van der Waals surface area contributed by atoms with Crippen molar-refractivity contribution in [1.29, 1.82) is 0 Å². The molecule has 1 saturated carbocycles. The van der Waals surface area contributed by atoms with E-state index in [-0.39, 0.29) is 35.2 Å². The average Bonchev–Trinajstić information content (AvgIpc) is 3.49. The Balaban J connectivity index is 1.67. The zero-order chi connectivity index (χ0) is 25.3. The fourth-order valence-electron chi connectivity index (χ4n) is 3.90. The number of carbonyl (C=O) groups is 2. The van der Waals surface area contributed by atoms with E-state index in [9.17, 15) is 18.0 Å². The molecule has 2 N–H and O–H groups in total. The van der Waals surface area contributed by atoms with Crippen molar-refractivity contribution in [3.63, 3.8) is 0 Å². The molecule has 2 amide bonds. The van der Waals surface area contributed by atoms with Crippen molar-refractivity contribution in [3.8, 4) is 11.1 Å². The summed E-state index contributed by atoms with van der Waals surface area (Å²) in [5.41, 5.74) is 4.46. The molecule has 0 spiro atoms. The minimum atomic E-state index is -3.86. The van der Waals surface area contributed by atoms with Gasteiger partial charge in [0.1, 0.15) is 5.01 Å². The van der Waals surface area contributed by atoms with Crippen LogP contribution in [0.3, 0.4) is 0 Å². The first-order valence-corrected chi connectivity index (χ1v) is 14.2. The van der Waals surface area contributed by atoms with Gasteiger partial charge in [-0.15, -0.1) is 11.3 Å². The lowest BCUT2D eigenvalue weighted by Gasteiger charge is -2.16. The van der Waals surface area contributed by atoms with E-state index in [1.165, 1.54) is 11.3 Å². The zero-order valence-electron chi connectivity index (χ0n) is 20.3. The van der Waals surface area contributed by atoms with Crippen LogP contribution in [0.4, 0.5) is 0 Å². The molecule has 1 unspecified atom stereocenters. The number of sulfone groups is 1. The van der Waals surface area contributed by atoms with Gasteiger partial charge in [0.2, 0.25) is 11.8 Å². The van der Waals surface area contributed by atoms with Crippen molar-refractivity contribution in [1.82, 2.24) is 20.6 Å². The number of thiazole rings is 1. The third kappa shape index (κ3) is 6.05.